The van der Waals surface area contributed by atoms with Crippen molar-refractivity contribution in [2.45, 2.75) is 51.2 Å². The van der Waals surface area contributed by atoms with E-state index in [1.54, 1.807) is 23.9 Å². The second-order valence-electron chi connectivity index (χ2n) is 8.55. The van der Waals surface area contributed by atoms with E-state index in [-0.39, 0.29) is 12.1 Å². The monoisotopic (exact) mass is 359 g/mol. The van der Waals surface area contributed by atoms with Gasteiger partial charge in [-0.15, -0.1) is 0 Å². The van der Waals surface area contributed by atoms with Gasteiger partial charge < -0.3 is 14.5 Å². The van der Waals surface area contributed by atoms with Crippen molar-refractivity contribution >= 4 is 17.8 Å². The number of nitrogens with zero attached hydrogens (tertiary/aromatic N) is 3. The Bertz CT molecular complexity index is 710. The van der Waals surface area contributed by atoms with Gasteiger partial charge in [0.05, 0.1) is 5.54 Å². The number of anilines is 1. The quantitative estimate of drug-likeness (QED) is 0.712. The minimum absolute atomic E-state index is 0.0408. The number of fused-ring (bicyclic) bond motifs is 1. The first-order valence-corrected chi connectivity index (χ1v) is 9.20. The molecular formula is C20H29N3O3. The van der Waals surface area contributed by atoms with Gasteiger partial charge in [0.25, 0.3) is 0 Å². The summed E-state index contributed by atoms with van der Waals surface area (Å²) in [6.45, 7) is 6.78. The number of para-hydroxylation sites is 1. The highest BCUT2D eigenvalue weighted by molar-refractivity contribution is 5.96. The van der Waals surface area contributed by atoms with Crippen LogP contribution in [0.2, 0.25) is 0 Å². The van der Waals surface area contributed by atoms with Crippen molar-refractivity contribution in [1.29, 1.82) is 0 Å². The van der Waals surface area contributed by atoms with E-state index in [4.69, 9.17) is 4.74 Å². The van der Waals surface area contributed by atoms with Crippen LogP contribution in [0.25, 0.3) is 0 Å². The lowest BCUT2D eigenvalue weighted by Crippen LogP contribution is -2.62. The minimum atomic E-state index is -0.528. The van der Waals surface area contributed by atoms with Gasteiger partial charge in [-0.05, 0) is 51.7 Å². The van der Waals surface area contributed by atoms with Crippen molar-refractivity contribution in [2.24, 2.45) is 0 Å². The first-order chi connectivity index (χ1) is 12.1. The lowest BCUT2D eigenvalue weighted by atomic mass is 9.85. The van der Waals surface area contributed by atoms with Crippen molar-refractivity contribution in [3.63, 3.8) is 0 Å². The summed E-state index contributed by atoms with van der Waals surface area (Å²) in [5.41, 5.74) is 1.19. The van der Waals surface area contributed by atoms with Crippen LogP contribution in [0.5, 0.6) is 0 Å². The van der Waals surface area contributed by atoms with E-state index in [2.05, 4.69) is 6.07 Å². The Balaban J connectivity index is 1.92. The molecule has 1 unspecified atom stereocenters. The molecule has 0 aromatic heterocycles. The summed E-state index contributed by atoms with van der Waals surface area (Å²) < 4.78 is 5.57. The average molecular weight is 359 g/mol. The molecule has 142 valence electrons. The minimum Gasteiger partial charge on any atom is -0.444 e. The first kappa shape index (κ1) is 18.5. The van der Waals surface area contributed by atoms with E-state index in [1.165, 1.54) is 0 Å². The number of benzene rings is 1. The number of carbonyl (C=O) groups excluding carboxylic acids is 2. The lowest BCUT2D eigenvalue weighted by molar-refractivity contribution is 0.0142. The number of piperidine rings is 1. The molecule has 1 aromatic carbocycles. The standard InChI is InChI=1S/C20H29N3O3/c1-19(2,3)26-18(25)22-12-8-11-20(14-22)13-15-9-6-7-10-16(15)23(20)17(24)21(4)5/h6-7,9-10H,8,11-14H2,1-5H3. The Morgan fingerprint density at radius 3 is 2.54 bits per heavy atom. The molecule has 1 atom stereocenters. The van der Waals surface area contributed by atoms with Crippen LogP contribution in [-0.4, -0.2) is 60.2 Å². The highest BCUT2D eigenvalue weighted by Crippen LogP contribution is 2.44. The van der Waals surface area contributed by atoms with Crippen molar-refractivity contribution in [3.05, 3.63) is 29.8 Å². The van der Waals surface area contributed by atoms with Crippen molar-refractivity contribution < 1.29 is 14.3 Å². The molecule has 0 saturated carbocycles. The summed E-state index contributed by atoms with van der Waals surface area (Å²) in [6, 6.07) is 8.00. The van der Waals surface area contributed by atoms with Crippen LogP contribution in [0.4, 0.5) is 15.3 Å². The van der Waals surface area contributed by atoms with Gasteiger partial charge in [0.15, 0.2) is 0 Å². The fraction of sp³-hybridized carbons (Fsp3) is 0.600. The number of urea groups is 1. The Morgan fingerprint density at radius 2 is 1.88 bits per heavy atom. The smallest absolute Gasteiger partial charge is 0.410 e. The number of ether oxygens (including phenoxy) is 1. The van der Waals surface area contributed by atoms with E-state index in [0.29, 0.717) is 13.1 Å². The third-order valence-electron chi connectivity index (χ3n) is 5.01. The lowest BCUT2D eigenvalue weighted by Gasteiger charge is -2.46. The maximum atomic E-state index is 13.0. The molecule has 26 heavy (non-hydrogen) atoms. The van der Waals surface area contributed by atoms with E-state index in [1.807, 2.05) is 43.9 Å². The Hall–Kier alpha value is -2.24. The van der Waals surface area contributed by atoms with Crippen LogP contribution in [0.15, 0.2) is 24.3 Å². The normalized spacial score (nSPS) is 22.3. The molecule has 0 aliphatic carbocycles. The molecule has 6 heteroatoms. The van der Waals surface area contributed by atoms with Crippen molar-refractivity contribution in [2.75, 3.05) is 32.1 Å². The number of amides is 3. The first-order valence-electron chi connectivity index (χ1n) is 9.20. The zero-order valence-corrected chi connectivity index (χ0v) is 16.4. The van der Waals surface area contributed by atoms with Gasteiger partial charge in [-0.3, -0.25) is 4.90 Å². The number of carbonyl (C=O) groups is 2. The third kappa shape index (κ3) is 3.37. The molecule has 1 fully saturated rings. The zero-order valence-electron chi connectivity index (χ0n) is 16.4. The molecule has 1 spiro atoms. The summed E-state index contributed by atoms with van der Waals surface area (Å²) in [5, 5.41) is 0. The molecule has 3 rings (SSSR count). The van der Waals surface area contributed by atoms with Crippen molar-refractivity contribution in [1.82, 2.24) is 9.80 Å². The number of hydrogen-bond acceptors (Lipinski definition) is 3. The molecule has 2 heterocycles. The SMILES string of the molecule is CN(C)C(=O)N1c2ccccc2CC12CCCN(C(=O)OC(C)(C)C)C2. The summed E-state index contributed by atoms with van der Waals surface area (Å²) >= 11 is 0. The fourth-order valence-corrected chi connectivity index (χ4v) is 3.99. The molecule has 2 aliphatic rings. The van der Waals surface area contributed by atoms with Gasteiger partial charge >= 0.3 is 12.1 Å². The average Bonchev–Trinajstić information content (AvgIpc) is 2.85. The number of hydrogen-bond donors (Lipinski definition) is 0. The predicted octanol–water partition coefficient (Wildman–Crippen LogP) is 3.50. The van der Waals surface area contributed by atoms with Crippen LogP contribution in [0, 0.1) is 0 Å². The molecule has 0 bridgehead atoms. The Kier molecular flexibility index (Phi) is 4.63. The maximum absolute atomic E-state index is 13.0. The number of likely N-dealkylation sites (tertiary alicyclic amines) is 1. The Morgan fingerprint density at radius 1 is 1.19 bits per heavy atom. The molecule has 1 saturated heterocycles. The molecule has 3 amide bonds. The summed E-state index contributed by atoms with van der Waals surface area (Å²) in [5.74, 6) is 0. The second-order valence-corrected chi connectivity index (χ2v) is 8.55. The molecule has 0 radical (unpaired) electrons. The summed E-state index contributed by atoms with van der Waals surface area (Å²) in [6.07, 6.45) is 2.19. The van der Waals surface area contributed by atoms with Crippen LogP contribution in [-0.2, 0) is 11.2 Å². The molecule has 6 nitrogen and oxygen atoms in total. The third-order valence-corrected chi connectivity index (χ3v) is 5.01. The van der Waals surface area contributed by atoms with Gasteiger partial charge in [0.1, 0.15) is 5.60 Å². The summed E-state index contributed by atoms with van der Waals surface area (Å²) in [4.78, 5) is 30.9. The molecule has 1 aromatic rings. The van der Waals surface area contributed by atoms with Crippen molar-refractivity contribution in [3.8, 4) is 0 Å². The summed E-state index contributed by atoms with van der Waals surface area (Å²) in [7, 11) is 3.54. The van der Waals surface area contributed by atoms with E-state index in [0.717, 1.165) is 30.5 Å². The second kappa shape index (κ2) is 6.49. The maximum Gasteiger partial charge on any atom is 0.410 e. The number of rotatable bonds is 0. The van der Waals surface area contributed by atoms with Crippen LogP contribution in [0.3, 0.4) is 0 Å². The van der Waals surface area contributed by atoms with Gasteiger partial charge in [0.2, 0.25) is 0 Å². The van der Waals surface area contributed by atoms with Gasteiger partial charge in [-0.2, -0.15) is 0 Å². The largest absolute Gasteiger partial charge is 0.444 e. The molecular weight excluding hydrogens is 330 g/mol. The zero-order chi connectivity index (χ0) is 19.1. The highest BCUT2D eigenvalue weighted by atomic mass is 16.6. The molecule has 2 aliphatic heterocycles. The van der Waals surface area contributed by atoms with E-state index >= 15 is 0 Å². The van der Waals surface area contributed by atoms with E-state index in [9.17, 15) is 9.59 Å². The van der Waals surface area contributed by atoms with Gasteiger partial charge in [0, 0.05) is 32.9 Å². The fourth-order valence-electron chi connectivity index (χ4n) is 3.99. The van der Waals surface area contributed by atoms with E-state index < -0.39 is 11.1 Å². The highest BCUT2D eigenvalue weighted by Gasteiger charge is 2.50. The van der Waals surface area contributed by atoms with Crippen LogP contribution in [0.1, 0.15) is 39.2 Å². The van der Waals surface area contributed by atoms with Crippen LogP contribution >= 0.6 is 0 Å². The van der Waals surface area contributed by atoms with Gasteiger partial charge in [-0.25, -0.2) is 9.59 Å². The Labute approximate surface area is 155 Å². The van der Waals surface area contributed by atoms with Crippen LogP contribution < -0.4 is 4.90 Å². The topological polar surface area (TPSA) is 53.1 Å². The molecule has 0 N–H and O–H groups in total. The predicted molar refractivity (Wildman–Crippen MR) is 101 cm³/mol. The van der Waals surface area contributed by atoms with Gasteiger partial charge in [-0.1, -0.05) is 18.2 Å².